The maximum Gasteiger partial charge on any atom is 0.282 e. The Bertz CT molecular complexity index is 937. The number of halogens is 2. The number of anilines is 3. The molecule has 134 valence electrons. The second-order valence-corrected chi connectivity index (χ2v) is 5.87. The van der Waals surface area contributed by atoms with Crippen molar-refractivity contribution in [1.29, 1.82) is 0 Å². The van der Waals surface area contributed by atoms with Gasteiger partial charge in [-0.15, -0.1) is 0 Å². The van der Waals surface area contributed by atoms with Crippen LogP contribution in [0.2, 0.25) is 0 Å². The number of hydrogen-bond donors (Lipinski definition) is 2. The molecule has 0 spiro atoms. The lowest BCUT2D eigenvalue weighted by Crippen LogP contribution is -2.16. The number of para-hydroxylation sites is 1. The van der Waals surface area contributed by atoms with E-state index in [1.54, 1.807) is 18.2 Å². The third-order valence-corrected chi connectivity index (χ3v) is 3.83. The summed E-state index contributed by atoms with van der Waals surface area (Å²) in [6.45, 7) is 1.98. The SMILES string of the molecule is Cc1cccc(Nc2ccccc2C(=O)Nc2cc(C(F)F)nn2C)c1. The number of benzene rings is 2. The van der Waals surface area contributed by atoms with Gasteiger partial charge in [-0.1, -0.05) is 24.3 Å². The summed E-state index contributed by atoms with van der Waals surface area (Å²) in [5.74, 6) is -0.208. The van der Waals surface area contributed by atoms with Crippen molar-refractivity contribution >= 4 is 23.1 Å². The lowest BCUT2D eigenvalue weighted by Gasteiger charge is -2.12. The van der Waals surface area contributed by atoms with E-state index in [4.69, 9.17) is 0 Å². The number of amides is 1. The van der Waals surface area contributed by atoms with Gasteiger partial charge in [0, 0.05) is 18.8 Å². The highest BCUT2D eigenvalue weighted by atomic mass is 19.3. The number of carbonyl (C=O) groups excluding carboxylic acids is 1. The van der Waals surface area contributed by atoms with Crippen molar-refractivity contribution < 1.29 is 13.6 Å². The molecule has 2 N–H and O–H groups in total. The highest BCUT2D eigenvalue weighted by molar-refractivity contribution is 6.08. The summed E-state index contributed by atoms with van der Waals surface area (Å²) in [6, 6.07) is 15.9. The largest absolute Gasteiger partial charge is 0.355 e. The number of rotatable bonds is 5. The van der Waals surface area contributed by atoms with E-state index in [2.05, 4.69) is 15.7 Å². The van der Waals surface area contributed by atoms with Crippen LogP contribution in [0.5, 0.6) is 0 Å². The van der Waals surface area contributed by atoms with Gasteiger partial charge in [-0.25, -0.2) is 8.78 Å². The van der Waals surface area contributed by atoms with Gasteiger partial charge < -0.3 is 10.6 Å². The van der Waals surface area contributed by atoms with Crippen LogP contribution in [0.4, 0.5) is 26.0 Å². The quantitative estimate of drug-likeness (QED) is 0.699. The number of aryl methyl sites for hydroxylation is 2. The Balaban J connectivity index is 1.84. The van der Waals surface area contributed by atoms with Crippen molar-refractivity contribution in [2.75, 3.05) is 10.6 Å². The van der Waals surface area contributed by atoms with Crippen LogP contribution in [0.3, 0.4) is 0 Å². The zero-order valence-electron chi connectivity index (χ0n) is 14.3. The van der Waals surface area contributed by atoms with Gasteiger partial charge in [-0.3, -0.25) is 9.48 Å². The van der Waals surface area contributed by atoms with Crippen LogP contribution in [-0.4, -0.2) is 15.7 Å². The van der Waals surface area contributed by atoms with E-state index in [-0.39, 0.29) is 11.5 Å². The van der Waals surface area contributed by atoms with E-state index >= 15 is 0 Å². The molecule has 1 aromatic heterocycles. The Kier molecular flexibility index (Phi) is 4.97. The number of nitrogens with zero attached hydrogens (tertiary/aromatic N) is 2. The smallest absolute Gasteiger partial charge is 0.282 e. The maximum absolute atomic E-state index is 12.8. The molecule has 1 heterocycles. The fraction of sp³-hybridized carbons (Fsp3) is 0.158. The first-order valence-electron chi connectivity index (χ1n) is 8.00. The zero-order valence-corrected chi connectivity index (χ0v) is 14.3. The third-order valence-electron chi connectivity index (χ3n) is 3.83. The second kappa shape index (κ2) is 7.35. The molecule has 0 aliphatic carbocycles. The molecule has 0 radical (unpaired) electrons. The molecule has 5 nitrogen and oxygen atoms in total. The van der Waals surface area contributed by atoms with Crippen LogP contribution in [0.15, 0.2) is 54.6 Å². The van der Waals surface area contributed by atoms with Gasteiger partial charge in [-0.05, 0) is 36.8 Å². The summed E-state index contributed by atoms with van der Waals surface area (Å²) in [5, 5.41) is 9.54. The van der Waals surface area contributed by atoms with E-state index in [1.165, 1.54) is 17.8 Å². The van der Waals surface area contributed by atoms with Crippen LogP contribution in [-0.2, 0) is 7.05 Å². The maximum atomic E-state index is 12.8. The van der Waals surface area contributed by atoms with Gasteiger partial charge >= 0.3 is 0 Å². The van der Waals surface area contributed by atoms with E-state index < -0.39 is 12.3 Å². The van der Waals surface area contributed by atoms with Crippen molar-refractivity contribution in [1.82, 2.24) is 9.78 Å². The molecular weight excluding hydrogens is 338 g/mol. The van der Waals surface area contributed by atoms with E-state index in [9.17, 15) is 13.6 Å². The Morgan fingerprint density at radius 2 is 1.88 bits per heavy atom. The van der Waals surface area contributed by atoms with Crippen molar-refractivity contribution in [3.05, 3.63) is 71.4 Å². The minimum Gasteiger partial charge on any atom is -0.355 e. The first-order chi connectivity index (χ1) is 12.4. The number of carbonyl (C=O) groups is 1. The molecular formula is C19H18F2N4O. The van der Waals surface area contributed by atoms with Gasteiger partial charge in [0.05, 0.1) is 11.3 Å². The average molecular weight is 356 g/mol. The third kappa shape index (κ3) is 3.88. The number of nitrogens with one attached hydrogen (secondary N) is 2. The lowest BCUT2D eigenvalue weighted by atomic mass is 10.1. The molecule has 0 unspecified atom stereocenters. The lowest BCUT2D eigenvalue weighted by molar-refractivity contribution is 0.102. The minimum absolute atomic E-state index is 0.204. The van der Waals surface area contributed by atoms with Crippen molar-refractivity contribution in [3.8, 4) is 0 Å². The molecule has 2 aromatic carbocycles. The van der Waals surface area contributed by atoms with Crippen LogP contribution < -0.4 is 10.6 Å². The van der Waals surface area contributed by atoms with E-state index in [0.29, 0.717) is 11.3 Å². The molecule has 0 atom stereocenters. The fourth-order valence-corrected chi connectivity index (χ4v) is 2.57. The summed E-state index contributed by atoms with van der Waals surface area (Å²) in [4.78, 5) is 12.6. The first-order valence-corrected chi connectivity index (χ1v) is 8.00. The zero-order chi connectivity index (χ0) is 18.7. The highest BCUT2D eigenvalue weighted by Crippen LogP contribution is 2.24. The van der Waals surface area contributed by atoms with Crippen LogP contribution in [0, 0.1) is 6.92 Å². The summed E-state index contributed by atoms with van der Waals surface area (Å²) < 4.78 is 26.7. The van der Waals surface area contributed by atoms with Gasteiger partial charge in [0.1, 0.15) is 11.5 Å². The Morgan fingerprint density at radius 1 is 1.12 bits per heavy atom. The fourth-order valence-electron chi connectivity index (χ4n) is 2.57. The second-order valence-electron chi connectivity index (χ2n) is 5.87. The van der Waals surface area contributed by atoms with Crippen molar-refractivity contribution in [2.24, 2.45) is 7.05 Å². The monoisotopic (exact) mass is 356 g/mol. The van der Waals surface area contributed by atoms with Crippen LogP contribution in [0.25, 0.3) is 0 Å². The predicted octanol–water partition coefficient (Wildman–Crippen LogP) is 4.66. The average Bonchev–Trinajstić information content (AvgIpc) is 2.96. The molecule has 3 aromatic rings. The van der Waals surface area contributed by atoms with Crippen LogP contribution in [0.1, 0.15) is 28.0 Å². The number of alkyl halides is 2. The van der Waals surface area contributed by atoms with Gasteiger partial charge in [0.15, 0.2) is 0 Å². The molecule has 1 amide bonds. The summed E-state index contributed by atoms with van der Waals surface area (Å²) >= 11 is 0. The molecule has 0 saturated carbocycles. The standard InChI is InChI=1S/C19H18F2N4O/c1-12-6-5-7-13(10-12)22-15-9-4-3-8-14(15)19(26)23-17-11-16(18(20)21)24-25(17)2/h3-11,18,22H,1-2H3,(H,23,26). The Morgan fingerprint density at radius 3 is 2.58 bits per heavy atom. The molecule has 0 bridgehead atoms. The first kappa shape index (κ1) is 17.6. The topological polar surface area (TPSA) is 59.0 Å². The molecule has 0 aliphatic rings. The molecule has 0 saturated heterocycles. The van der Waals surface area contributed by atoms with Crippen LogP contribution >= 0.6 is 0 Å². The predicted molar refractivity (Wildman–Crippen MR) is 97.0 cm³/mol. The van der Waals surface area contributed by atoms with Gasteiger partial charge in [0.2, 0.25) is 0 Å². The summed E-state index contributed by atoms with van der Waals surface area (Å²) in [7, 11) is 1.50. The minimum atomic E-state index is -2.69. The normalized spacial score (nSPS) is 10.8. The van der Waals surface area contributed by atoms with E-state index in [1.807, 2.05) is 37.3 Å². The highest BCUT2D eigenvalue weighted by Gasteiger charge is 2.17. The molecule has 0 aliphatic heterocycles. The van der Waals surface area contributed by atoms with E-state index in [0.717, 1.165) is 11.3 Å². The molecule has 3 rings (SSSR count). The molecule has 7 heteroatoms. The summed E-state index contributed by atoms with van der Waals surface area (Å²) in [6.07, 6.45) is -2.69. The van der Waals surface area contributed by atoms with Crippen molar-refractivity contribution in [2.45, 2.75) is 13.3 Å². The number of hydrogen-bond acceptors (Lipinski definition) is 3. The Hall–Kier alpha value is -3.22. The van der Waals surface area contributed by atoms with Crippen molar-refractivity contribution in [3.63, 3.8) is 0 Å². The van der Waals surface area contributed by atoms with Gasteiger partial charge in [-0.2, -0.15) is 5.10 Å². The summed E-state index contributed by atoms with van der Waals surface area (Å²) in [5.41, 5.74) is 2.58. The molecule has 0 fully saturated rings. The Labute approximate surface area is 149 Å². The molecule has 26 heavy (non-hydrogen) atoms. The van der Waals surface area contributed by atoms with Gasteiger partial charge in [0.25, 0.3) is 12.3 Å². The number of aromatic nitrogens is 2.